The number of rotatable bonds is 4. The van der Waals surface area contributed by atoms with E-state index in [0.717, 1.165) is 36.2 Å². The van der Waals surface area contributed by atoms with Crippen LogP contribution < -0.4 is 5.32 Å². The number of nitrogens with one attached hydrogen (secondary N) is 1. The Morgan fingerprint density at radius 1 is 1.19 bits per heavy atom. The average Bonchev–Trinajstić information content (AvgIpc) is 3.12. The number of hydrogen-bond acceptors (Lipinski definition) is 3. The molecule has 3 aromatic rings. The summed E-state index contributed by atoms with van der Waals surface area (Å²) in [6.45, 7) is 2.85. The van der Waals surface area contributed by atoms with Crippen LogP contribution in [0.4, 0.5) is 5.69 Å². The van der Waals surface area contributed by atoms with Crippen molar-refractivity contribution in [3.63, 3.8) is 0 Å². The lowest BCUT2D eigenvalue weighted by Gasteiger charge is -2.24. The molecule has 27 heavy (non-hydrogen) atoms. The summed E-state index contributed by atoms with van der Waals surface area (Å²) in [7, 11) is 1.78. The van der Waals surface area contributed by atoms with Crippen LogP contribution in [0.5, 0.6) is 0 Å². The molecule has 1 aliphatic heterocycles. The van der Waals surface area contributed by atoms with Gasteiger partial charge in [-0.25, -0.2) is 0 Å². The fourth-order valence-electron chi connectivity index (χ4n) is 3.66. The van der Waals surface area contributed by atoms with Crippen LogP contribution in [0, 0.1) is 6.92 Å². The summed E-state index contributed by atoms with van der Waals surface area (Å²) in [6, 6.07) is 14.1. The maximum absolute atomic E-state index is 12.4. The van der Waals surface area contributed by atoms with Crippen molar-refractivity contribution in [1.82, 2.24) is 9.55 Å². The van der Waals surface area contributed by atoms with Crippen LogP contribution in [-0.4, -0.2) is 28.7 Å². The SMILES string of the molecule is COC1CCn2c(ccc2-c2ccc(NC(=O)c3ccncc3C)cc2)C1. The van der Waals surface area contributed by atoms with Gasteiger partial charge in [0, 0.05) is 55.1 Å². The Bertz CT molecular complexity index is 960. The number of methoxy groups -OCH3 is 1. The summed E-state index contributed by atoms with van der Waals surface area (Å²) >= 11 is 0. The molecule has 138 valence electrons. The van der Waals surface area contributed by atoms with Gasteiger partial charge in [0.1, 0.15) is 0 Å². The van der Waals surface area contributed by atoms with Crippen LogP contribution in [-0.2, 0) is 17.7 Å². The van der Waals surface area contributed by atoms with Crippen molar-refractivity contribution in [2.75, 3.05) is 12.4 Å². The van der Waals surface area contributed by atoms with Gasteiger partial charge < -0.3 is 14.6 Å². The van der Waals surface area contributed by atoms with Gasteiger partial charge in [-0.05, 0) is 54.8 Å². The number of anilines is 1. The van der Waals surface area contributed by atoms with Crippen molar-refractivity contribution < 1.29 is 9.53 Å². The lowest BCUT2D eigenvalue weighted by molar-refractivity contribution is 0.0812. The third-order valence-corrected chi connectivity index (χ3v) is 5.22. The van der Waals surface area contributed by atoms with E-state index in [1.165, 1.54) is 11.4 Å². The van der Waals surface area contributed by atoms with Crippen LogP contribution in [0.25, 0.3) is 11.3 Å². The van der Waals surface area contributed by atoms with E-state index in [4.69, 9.17) is 4.74 Å². The van der Waals surface area contributed by atoms with Crippen LogP contribution in [0.15, 0.2) is 54.9 Å². The summed E-state index contributed by atoms with van der Waals surface area (Å²) in [5.41, 5.74) is 5.96. The van der Waals surface area contributed by atoms with Gasteiger partial charge in [-0.15, -0.1) is 0 Å². The Morgan fingerprint density at radius 2 is 2.00 bits per heavy atom. The lowest BCUT2D eigenvalue weighted by Crippen LogP contribution is -2.24. The molecule has 5 heteroatoms. The van der Waals surface area contributed by atoms with Crippen molar-refractivity contribution in [2.24, 2.45) is 0 Å². The summed E-state index contributed by atoms with van der Waals surface area (Å²) in [4.78, 5) is 16.5. The van der Waals surface area contributed by atoms with Gasteiger partial charge in [-0.2, -0.15) is 0 Å². The number of pyridine rings is 1. The van der Waals surface area contributed by atoms with Gasteiger partial charge >= 0.3 is 0 Å². The van der Waals surface area contributed by atoms with Gasteiger partial charge in [0.15, 0.2) is 0 Å². The zero-order chi connectivity index (χ0) is 18.8. The average molecular weight is 361 g/mol. The largest absolute Gasteiger partial charge is 0.381 e. The maximum atomic E-state index is 12.4. The highest BCUT2D eigenvalue weighted by molar-refractivity contribution is 6.05. The molecule has 1 atom stereocenters. The van der Waals surface area contributed by atoms with Crippen LogP contribution in [0.3, 0.4) is 0 Å². The molecule has 1 unspecified atom stereocenters. The highest BCUT2D eigenvalue weighted by atomic mass is 16.5. The van der Waals surface area contributed by atoms with Gasteiger partial charge in [0.25, 0.3) is 5.91 Å². The summed E-state index contributed by atoms with van der Waals surface area (Å²) in [5, 5.41) is 2.96. The molecule has 1 N–H and O–H groups in total. The number of aryl methyl sites for hydroxylation is 1. The second-order valence-electron chi connectivity index (χ2n) is 6.93. The van der Waals surface area contributed by atoms with E-state index in [2.05, 4.69) is 39.1 Å². The molecule has 2 aromatic heterocycles. The summed E-state index contributed by atoms with van der Waals surface area (Å²) in [6.07, 6.45) is 5.63. The van der Waals surface area contributed by atoms with Gasteiger partial charge in [-0.1, -0.05) is 12.1 Å². The minimum absolute atomic E-state index is 0.117. The predicted octanol–water partition coefficient (Wildman–Crippen LogP) is 4.07. The first-order valence-corrected chi connectivity index (χ1v) is 9.19. The first kappa shape index (κ1) is 17.5. The first-order chi connectivity index (χ1) is 13.2. The third-order valence-electron chi connectivity index (χ3n) is 5.22. The Hall–Kier alpha value is -2.92. The van der Waals surface area contributed by atoms with Crippen molar-refractivity contribution in [1.29, 1.82) is 0 Å². The number of carbonyl (C=O) groups excluding carboxylic acids is 1. The molecule has 5 nitrogen and oxygen atoms in total. The minimum Gasteiger partial charge on any atom is -0.381 e. The van der Waals surface area contributed by atoms with Crippen LogP contribution in [0.2, 0.25) is 0 Å². The minimum atomic E-state index is -0.117. The number of ether oxygens (including phenoxy) is 1. The molecule has 0 radical (unpaired) electrons. The molecular weight excluding hydrogens is 338 g/mol. The topological polar surface area (TPSA) is 56.1 Å². The quantitative estimate of drug-likeness (QED) is 0.762. The van der Waals surface area contributed by atoms with Gasteiger partial charge in [0.2, 0.25) is 0 Å². The van der Waals surface area contributed by atoms with Crippen molar-refractivity contribution in [3.8, 4) is 11.3 Å². The number of carbonyl (C=O) groups is 1. The van der Waals surface area contributed by atoms with Gasteiger partial charge in [-0.3, -0.25) is 9.78 Å². The van der Waals surface area contributed by atoms with E-state index in [1.54, 1.807) is 25.6 Å². The highest BCUT2D eigenvalue weighted by Gasteiger charge is 2.20. The molecule has 0 saturated heterocycles. The van der Waals surface area contributed by atoms with Gasteiger partial charge in [0.05, 0.1) is 6.10 Å². The maximum Gasteiger partial charge on any atom is 0.256 e. The second kappa shape index (κ2) is 7.37. The number of fused-ring (bicyclic) bond motifs is 1. The van der Waals surface area contributed by atoms with Crippen molar-refractivity contribution >= 4 is 11.6 Å². The molecule has 1 aromatic carbocycles. The number of amides is 1. The highest BCUT2D eigenvalue weighted by Crippen LogP contribution is 2.28. The van der Waals surface area contributed by atoms with E-state index in [0.29, 0.717) is 11.7 Å². The standard InChI is InChI=1S/C22H23N3O2/c1-15-14-23-11-9-20(15)22(26)24-17-5-3-16(4-6-17)21-8-7-18-13-19(27-2)10-12-25(18)21/h3-9,11,14,19H,10,12-13H2,1-2H3,(H,24,26). The number of nitrogens with zero attached hydrogens (tertiary/aromatic N) is 2. The van der Waals surface area contributed by atoms with Crippen molar-refractivity contribution in [2.45, 2.75) is 32.4 Å². The van der Waals surface area contributed by atoms with E-state index < -0.39 is 0 Å². The normalized spacial score (nSPS) is 16.0. The predicted molar refractivity (Wildman–Crippen MR) is 106 cm³/mol. The molecule has 0 bridgehead atoms. The number of hydrogen-bond donors (Lipinski definition) is 1. The Labute approximate surface area is 159 Å². The molecule has 4 rings (SSSR count). The molecule has 0 aliphatic carbocycles. The molecule has 3 heterocycles. The number of aromatic nitrogens is 2. The van der Waals surface area contributed by atoms with Crippen LogP contribution in [0.1, 0.15) is 28.0 Å². The second-order valence-corrected chi connectivity index (χ2v) is 6.93. The van der Waals surface area contributed by atoms with Crippen molar-refractivity contribution in [3.05, 3.63) is 71.7 Å². The van der Waals surface area contributed by atoms with Crippen LogP contribution >= 0.6 is 0 Å². The lowest BCUT2D eigenvalue weighted by atomic mass is 10.1. The van der Waals surface area contributed by atoms with E-state index in [9.17, 15) is 4.79 Å². The molecule has 1 aliphatic rings. The Balaban J connectivity index is 1.51. The summed E-state index contributed by atoms with van der Waals surface area (Å²) < 4.78 is 7.87. The van der Waals surface area contributed by atoms with E-state index in [1.807, 2.05) is 19.1 Å². The fourth-order valence-corrected chi connectivity index (χ4v) is 3.66. The van der Waals surface area contributed by atoms with E-state index in [-0.39, 0.29) is 5.91 Å². The fraction of sp³-hybridized carbons (Fsp3) is 0.273. The summed E-state index contributed by atoms with van der Waals surface area (Å²) in [5.74, 6) is -0.117. The molecule has 0 saturated carbocycles. The molecule has 1 amide bonds. The first-order valence-electron chi connectivity index (χ1n) is 9.19. The molecule has 0 fully saturated rings. The Kier molecular flexibility index (Phi) is 4.77. The third kappa shape index (κ3) is 3.51. The smallest absolute Gasteiger partial charge is 0.256 e. The zero-order valence-corrected chi connectivity index (χ0v) is 15.6. The van der Waals surface area contributed by atoms with E-state index >= 15 is 0 Å². The number of benzene rings is 1. The zero-order valence-electron chi connectivity index (χ0n) is 15.6. The molecule has 0 spiro atoms. The Morgan fingerprint density at radius 3 is 2.74 bits per heavy atom. The monoisotopic (exact) mass is 361 g/mol. The molecular formula is C22H23N3O2.